The summed E-state index contributed by atoms with van der Waals surface area (Å²) in [6, 6.07) is 17.1. The number of aromatic nitrogens is 2. The third-order valence-electron chi connectivity index (χ3n) is 5.98. The highest BCUT2D eigenvalue weighted by Crippen LogP contribution is 2.27. The molecule has 0 radical (unpaired) electrons. The number of carbonyl (C=O) groups excluding carboxylic acids is 2. The minimum absolute atomic E-state index is 0.0928. The Morgan fingerprint density at radius 1 is 1.06 bits per heavy atom. The highest BCUT2D eigenvalue weighted by Gasteiger charge is 2.31. The number of Topliss-reactive ketones (excluding diaryl/α,β-unsaturated/α-hetero) is 1. The highest BCUT2D eigenvalue weighted by atomic mass is 35.5. The fraction of sp³-hybridized carbons (Fsp3) is 0.320. The maximum Gasteiger partial charge on any atom is 0.258 e. The fourth-order valence-electron chi connectivity index (χ4n) is 4.15. The van der Waals surface area contributed by atoms with Gasteiger partial charge in [-0.15, -0.1) is 0 Å². The molecule has 0 aliphatic carbocycles. The van der Waals surface area contributed by atoms with Gasteiger partial charge in [0.05, 0.1) is 24.9 Å². The maximum absolute atomic E-state index is 13.2. The first-order chi connectivity index (χ1) is 15.5. The van der Waals surface area contributed by atoms with Gasteiger partial charge in [0.1, 0.15) is 10.9 Å². The van der Waals surface area contributed by atoms with Crippen molar-refractivity contribution in [3.05, 3.63) is 82.1 Å². The molecule has 1 aromatic heterocycles. The number of nitrogens with zero attached hydrogens (tertiary/aromatic N) is 3. The standard InChI is InChI=1S/C25H26ClN3O3/c1-17-22(24(26)29(27-17)16-18-6-4-3-5-7-18)25(31)28-14-12-20(13-15-28)23(30)19-8-10-21(32-2)11-9-19/h3-11,20H,12-16H2,1-2H3. The number of halogens is 1. The van der Waals surface area contributed by atoms with Crippen molar-refractivity contribution < 1.29 is 14.3 Å². The molecule has 3 aromatic rings. The van der Waals surface area contributed by atoms with E-state index in [1.54, 1.807) is 47.9 Å². The molecule has 0 spiro atoms. The number of hydrogen-bond donors (Lipinski definition) is 0. The lowest BCUT2D eigenvalue weighted by Crippen LogP contribution is -2.40. The summed E-state index contributed by atoms with van der Waals surface area (Å²) < 4.78 is 6.82. The van der Waals surface area contributed by atoms with Crippen molar-refractivity contribution in [1.29, 1.82) is 0 Å². The Bertz CT molecular complexity index is 1100. The molecular formula is C25H26ClN3O3. The van der Waals surface area contributed by atoms with E-state index in [-0.39, 0.29) is 17.6 Å². The van der Waals surface area contributed by atoms with Gasteiger partial charge in [-0.3, -0.25) is 9.59 Å². The van der Waals surface area contributed by atoms with E-state index < -0.39 is 0 Å². The molecule has 0 bridgehead atoms. The molecule has 0 N–H and O–H groups in total. The zero-order valence-corrected chi connectivity index (χ0v) is 19.0. The zero-order chi connectivity index (χ0) is 22.7. The Hall–Kier alpha value is -3.12. The summed E-state index contributed by atoms with van der Waals surface area (Å²) in [5, 5.41) is 4.85. The molecule has 1 fully saturated rings. The minimum Gasteiger partial charge on any atom is -0.497 e. The summed E-state index contributed by atoms with van der Waals surface area (Å²) in [6.07, 6.45) is 1.26. The molecule has 1 aliphatic rings. The van der Waals surface area contributed by atoms with Crippen LogP contribution in [-0.2, 0) is 6.54 Å². The lowest BCUT2D eigenvalue weighted by molar-refractivity contribution is 0.0649. The van der Waals surface area contributed by atoms with Gasteiger partial charge >= 0.3 is 0 Å². The van der Waals surface area contributed by atoms with Gasteiger partial charge in [-0.1, -0.05) is 41.9 Å². The number of methoxy groups -OCH3 is 1. The molecule has 0 atom stereocenters. The van der Waals surface area contributed by atoms with E-state index in [0.717, 1.165) is 11.3 Å². The lowest BCUT2D eigenvalue weighted by atomic mass is 9.88. The molecule has 32 heavy (non-hydrogen) atoms. The summed E-state index contributed by atoms with van der Waals surface area (Å²) in [5.41, 5.74) is 2.81. The number of likely N-dealkylation sites (tertiary alicyclic amines) is 1. The van der Waals surface area contributed by atoms with Crippen molar-refractivity contribution in [3.8, 4) is 5.75 Å². The Morgan fingerprint density at radius 2 is 1.72 bits per heavy atom. The molecule has 0 unspecified atom stereocenters. The van der Waals surface area contributed by atoms with E-state index >= 15 is 0 Å². The van der Waals surface area contributed by atoms with Gasteiger partial charge in [-0.2, -0.15) is 5.10 Å². The second-order valence-corrected chi connectivity index (χ2v) is 8.41. The van der Waals surface area contributed by atoms with Gasteiger partial charge < -0.3 is 9.64 Å². The van der Waals surface area contributed by atoms with E-state index in [4.69, 9.17) is 16.3 Å². The normalized spacial score (nSPS) is 14.4. The molecule has 1 amide bonds. The smallest absolute Gasteiger partial charge is 0.258 e. The maximum atomic E-state index is 13.2. The number of ketones is 1. The molecule has 2 aromatic carbocycles. The predicted octanol–water partition coefficient (Wildman–Crippen LogP) is 4.64. The molecule has 166 valence electrons. The first-order valence-corrected chi connectivity index (χ1v) is 11.1. The number of hydrogen-bond acceptors (Lipinski definition) is 4. The number of benzene rings is 2. The van der Waals surface area contributed by atoms with E-state index in [1.807, 2.05) is 30.3 Å². The van der Waals surface area contributed by atoms with Crippen LogP contribution in [0.4, 0.5) is 0 Å². The van der Waals surface area contributed by atoms with Crippen molar-refractivity contribution in [2.75, 3.05) is 20.2 Å². The zero-order valence-electron chi connectivity index (χ0n) is 18.3. The van der Waals surface area contributed by atoms with Crippen LogP contribution >= 0.6 is 11.6 Å². The average Bonchev–Trinajstić information content (AvgIpc) is 3.11. The van der Waals surface area contributed by atoms with Gasteiger partial charge in [0.2, 0.25) is 0 Å². The molecular weight excluding hydrogens is 426 g/mol. The first-order valence-electron chi connectivity index (χ1n) is 10.7. The van der Waals surface area contributed by atoms with E-state index in [0.29, 0.717) is 54.4 Å². The van der Waals surface area contributed by atoms with Gasteiger partial charge in [0.15, 0.2) is 5.78 Å². The van der Waals surface area contributed by atoms with Gasteiger partial charge in [0.25, 0.3) is 5.91 Å². The quantitative estimate of drug-likeness (QED) is 0.512. The number of ether oxygens (including phenoxy) is 1. The van der Waals surface area contributed by atoms with Crippen LogP contribution in [0.3, 0.4) is 0 Å². The minimum atomic E-state index is -0.123. The predicted molar refractivity (Wildman–Crippen MR) is 123 cm³/mol. The van der Waals surface area contributed by atoms with Crippen LogP contribution in [0.5, 0.6) is 5.75 Å². The van der Waals surface area contributed by atoms with Crippen LogP contribution in [0.25, 0.3) is 0 Å². The van der Waals surface area contributed by atoms with Crippen molar-refractivity contribution in [3.63, 3.8) is 0 Å². The van der Waals surface area contributed by atoms with Crippen LogP contribution in [0.1, 0.15) is 44.8 Å². The molecule has 4 rings (SSSR count). The van der Waals surface area contributed by atoms with Crippen LogP contribution in [-0.4, -0.2) is 46.6 Å². The Balaban J connectivity index is 1.41. The number of carbonyl (C=O) groups is 2. The first kappa shape index (κ1) is 22.1. The Kier molecular flexibility index (Phi) is 6.61. The Morgan fingerprint density at radius 3 is 2.34 bits per heavy atom. The molecule has 6 nitrogen and oxygen atoms in total. The van der Waals surface area contributed by atoms with Crippen LogP contribution in [0.15, 0.2) is 54.6 Å². The summed E-state index contributed by atoms with van der Waals surface area (Å²) >= 11 is 6.57. The van der Waals surface area contributed by atoms with E-state index in [1.165, 1.54) is 0 Å². The number of piperidine rings is 1. The van der Waals surface area contributed by atoms with Crippen molar-refractivity contribution >= 4 is 23.3 Å². The van der Waals surface area contributed by atoms with Crippen molar-refractivity contribution in [2.24, 2.45) is 5.92 Å². The van der Waals surface area contributed by atoms with Gasteiger partial charge in [-0.25, -0.2) is 4.68 Å². The lowest BCUT2D eigenvalue weighted by Gasteiger charge is -2.31. The topological polar surface area (TPSA) is 64.4 Å². The summed E-state index contributed by atoms with van der Waals surface area (Å²) in [7, 11) is 1.60. The van der Waals surface area contributed by atoms with E-state index in [2.05, 4.69) is 5.10 Å². The summed E-state index contributed by atoms with van der Waals surface area (Å²) in [6.45, 7) is 3.35. The van der Waals surface area contributed by atoms with Crippen molar-refractivity contribution in [2.45, 2.75) is 26.3 Å². The molecule has 1 saturated heterocycles. The van der Waals surface area contributed by atoms with Crippen LogP contribution in [0.2, 0.25) is 5.15 Å². The molecule has 1 aliphatic heterocycles. The van der Waals surface area contributed by atoms with Gasteiger partial charge in [0, 0.05) is 24.6 Å². The monoisotopic (exact) mass is 451 g/mol. The molecule has 7 heteroatoms. The third-order valence-corrected chi connectivity index (χ3v) is 6.37. The number of rotatable bonds is 6. The Labute approximate surface area is 192 Å². The van der Waals surface area contributed by atoms with Gasteiger partial charge in [-0.05, 0) is 49.6 Å². The van der Waals surface area contributed by atoms with E-state index in [9.17, 15) is 9.59 Å². The van der Waals surface area contributed by atoms with Crippen molar-refractivity contribution in [1.82, 2.24) is 14.7 Å². The highest BCUT2D eigenvalue weighted by molar-refractivity contribution is 6.33. The average molecular weight is 452 g/mol. The van der Waals surface area contributed by atoms with Crippen LogP contribution in [0, 0.1) is 12.8 Å². The second kappa shape index (κ2) is 9.57. The number of amides is 1. The third kappa shape index (κ3) is 4.55. The summed E-state index contributed by atoms with van der Waals surface area (Å²) in [4.78, 5) is 27.8. The summed E-state index contributed by atoms with van der Waals surface area (Å²) in [5.74, 6) is 0.624. The van der Waals surface area contributed by atoms with Crippen LogP contribution < -0.4 is 4.74 Å². The second-order valence-electron chi connectivity index (χ2n) is 8.05. The number of aryl methyl sites for hydroxylation is 1. The molecule has 0 saturated carbocycles. The fourth-order valence-corrected chi connectivity index (χ4v) is 4.47. The molecule has 2 heterocycles. The largest absolute Gasteiger partial charge is 0.497 e. The SMILES string of the molecule is COc1ccc(C(=O)C2CCN(C(=O)c3c(C)nn(Cc4ccccc4)c3Cl)CC2)cc1.